The second kappa shape index (κ2) is 5.70. The van der Waals surface area contributed by atoms with Gasteiger partial charge in [0.15, 0.2) is 5.78 Å². The average Bonchev–Trinajstić information content (AvgIpc) is 2.97. The number of fused-ring (bicyclic) bond motifs is 1. The lowest BCUT2D eigenvalue weighted by molar-refractivity contribution is 0.0231. The predicted octanol–water partition coefficient (Wildman–Crippen LogP) is 3.81. The van der Waals surface area contributed by atoms with Gasteiger partial charge in [-0.05, 0) is 31.5 Å². The molecule has 2 aliphatic rings. The maximum absolute atomic E-state index is 12.6. The number of rotatable bonds is 1. The van der Waals surface area contributed by atoms with E-state index < -0.39 is 5.60 Å². The van der Waals surface area contributed by atoms with Crippen LogP contribution in [0, 0.1) is 13.8 Å². The number of halogens is 1. The Hall–Kier alpha value is -1.66. The van der Waals surface area contributed by atoms with Crippen LogP contribution in [0.15, 0.2) is 12.1 Å². The van der Waals surface area contributed by atoms with Crippen LogP contribution in [0.3, 0.4) is 0 Å². The van der Waals surface area contributed by atoms with Gasteiger partial charge in [0.05, 0.1) is 12.0 Å². The van der Waals surface area contributed by atoms with Crippen LogP contribution in [-0.2, 0) is 0 Å². The van der Waals surface area contributed by atoms with Gasteiger partial charge in [0.25, 0.3) is 0 Å². The molecule has 0 bridgehead atoms. The summed E-state index contributed by atoms with van der Waals surface area (Å²) in [7, 11) is 0. The van der Waals surface area contributed by atoms with Gasteiger partial charge in [-0.3, -0.25) is 4.79 Å². The highest BCUT2D eigenvalue weighted by molar-refractivity contribution is 7.15. The minimum atomic E-state index is -0.402. The Morgan fingerprint density at radius 2 is 2.00 bits per heavy atom. The SMILES string of the molecule is Cc1nnc(N2CCC3(CC2)CC(=O)c2cc(Cl)c(C)cc2O3)s1. The molecule has 1 saturated heterocycles. The Bertz CT molecular complexity index is 812. The largest absolute Gasteiger partial charge is 0.486 e. The summed E-state index contributed by atoms with van der Waals surface area (Å²) in [6, 6.07) is 3.62. The molecule has 1 fully saturated rings. The summed E-state index contributed by atoms with van der Waals surface area (Å²) in [5.41, 5.74) is 1.14. The van der Waals surface area contributed by atoms with Crippen molar-refractivity contribution in [3.63, 3.8) is 0 Å². The fourth-order valence-corrected chi connectivity index (χ4v) is 4.32. The second-order valence-corrected chi connectivity index (χ2v) is 8.14. The van der Waals surface area contributed by atoms with Crippen LogP contribution in [0.5, 0.6) is 5.75 Å². The molecule has 4 rings (SSSR count). The number of benzene rings is 1. The minimum absolute atomic E-state index is 0.123. The lowest BCUT2D eigenvalue weighted by atomic mass is 9.82. The van der Waals surface area contributed by atoms with E-state index in [1.165, 1.54) is 0 Å². The molecule has 3 heterocycles. The summed E-state index contributed by atoms with van der Waals surface area (Å²) in [6.07, 6.45) is 2.03. The third kappa shape index (κ3) is 2.67. The molecule has 7 heteroatoms. The van der Waals surface area contributed by atoms with Crippen LogP contribution in [-0.4, -0.2) is 34.7 Å². The van der Waals surface area contributed by atoms with Crippen molar-refractivity contribution in [3.8, 4) is 5.75 Å². The van der Waals surface area contributed by atoms with E-state index in [9.17, 15) is 4.79 Å². The van der Waals surface area contributed by atoms with E-state index in [1.54, 1.807) is 17.4 Å². The number of aromatic nitrogens is 2. The Balaban J connectivity index is 1.55. The molecule has 0 radical (unpaired) electrons. The van der Waals surface area contributed by atoms with Crippen molar-refractivity contribution in [1.82, 2.24) is 10.2 Å². The number of anilines is 1. The molecule has 0 aliphatic carbocycles. The standard InChI is InChI=1S/C17H18ClN3O2S/c1-10-7-15-12(8-13(10)18)14(22)9-17(23-15)3-5-21(6-4-17)16-20-19-11(2)24-16/h7-8H,3-6,9H2,1-2H3. The van der Waals surface area contributed by atoms with Crippen molar-refractivity contribution in [2.75, 3.05) is 18.0 Å². The Morgan fingerprint density at radius 1 is 1.25 bits per heavy atom. The molecule has 0 saturated carbocycles. The molecule has 0 N–H and O–H groups in total. The summed E-state index contributed by atoms with van der Waals surface area (Å²) >= 11 is 7.75. The predicted molar refractivity (Wildman–Crippen MR) is 94.6 cm³/mol. The fraction of sp³-hybridized carbons (Fsp3) is 0.471. The molecule has 1 spiro atoms. The fourth-order valence-electron chi connectivity index (χ4n) is 3.41. The topological polar surface area (TPSA) is 55.3 Å². The number of ether oxygens (including phenoxy) is 1. The van der Waals surface area contributed by atoms with Gasteiger partial charge in [-0.15, -0.1) is 10.2 Å². The van der Waals surface area contributed by atoms with Gasteiger partial charge in [-0.25, -0.2) is 0 Å². The van der Waals surface area contributed by atoms with Crippen molar-refractivity contribution < 1.29 is 9.53 Å². The van der Waals surface area contributed by atoms with Crippen LogP contribution in [0.1, 0.15) is 40.2 Å². The first-order chi connectivity index (χ1) is 11.5. The summed E-state index contributed by atoms with van der Waals surface area (Å²) in [5.74, 6) is 0.798. The molecule has 0 unspecified atom stereocenters. The van der Waals surface area contributed by atoms with Gasteiger partial charge >= 0.3 is 0 Å². The Labute approximate surface area is 149 Å². The van der Waals surface area contributed by atoms with Crippen molar-refractivity contribution in [3.05, 3.63) is 33.3 Å². The molecule has 0 amide bonds. The van der Waals surface area contributed by atoms with E-state index in [1.807, 2.05) is 19.9 Å². The van der Waals surface area contributed by atoms with Gasteiger partial charge in [0, 0.05) is 31.0 Å². The summed E-state index contributed by atoms with van der Waals surface area (Å²) in [6.45, 7) is 5.53. The van der Waals surface area contributed by atoms with Crippen molar-refractivity contribution in [2.45, 2.75) is 38.7 Å². The summed E-state index contributed by atoms with van der Waals surface area (Å²) in [5, 5.41) is 10.8. The lowest BCUT2D eigenvalue weighted by Crippen LogP contribution is -2.51. The van der Waals surface area contributed by atoms with Gasteiger partial charge in [0.2, 0.25) is 5.13 Å². The van der Waals surface area contributed by atoms with Crippen molar-refractivity contribution in [2.24, 2.45) is 0 Å². The highest BCUT2D eigenvalue weighted by atomic mass is 35.5. The normalized spacial score (nSPS) is 19.3. The summed E-state index contributed by atoms with van der Waals surface area (Å²) in [4.78, 5) is 14.8. The number of carbonyl (C=O) groups is 1. The van der Waals surface area contributed by atoms with Gasteiger partial charge in [-0.1, -0.05) is 22.9 Å². The zero-order chi connectivity index (χ0) is 16.9. The molecule has 126 valence electrons. The molecule has 0 atom stereocenters. The monoisotopic (exact) mass is 363 g/mol. The van der Waals surface area contributed by atoms with Crippen molar-refractivity contribution in [1.29, 1.82) is 0 Å². The molecular weight excluding hydrogens is 346 g/mol. The number of nitrogens with zero attached hydrogens (tertiary/aromatic N) is 3. The molecule has 5 nitrogen and oxygen atoms in total. The average molecular weight is 364 g/mol. The first kappa shape index (κ1) is 15.8. The molecular formula is C17H18ClN3O2S. The zero-order valence-electron chi connectivity index (χ0n) is 13.6. The Kier molecular flexibility index (Phi) is 3.77. The van der Waals surface area contributed by atoms with Crippen LogP contribution < -0.4 is 9.64 Å². The lowest BCUT2D eigenvalue weighted by Gasteiger charge is -2.43. The smallest absolute Gasteiger partial charge is 0.208 e. The first-order valence-corrected chi connectivity index (χ1v) is 9.23. The highest BCUT2D eigenvalue weighted by Gasteiger charge is 2.43. The van der Waals surface area contributed by atoms with Crippen molar-refractivity contribution >= 4 is 33.9 Å². The van der Waals surface area contributed by atoms with Gasteiger partial charge in [-0.2, -0.15) is 0 Å². The number of carbonyl (C=O) groups excluding carboxylic acids is 1. The van der Waals surface area contributed by atoms with Crippen LogP contribution in [0.25, 0.3) is 0 Å². The molecule has 2 aromatic rings. The molecule has 24 heavy (non-hydrogen) atoms. The number of ketones is 1. The highest BCUT2D eigenvalue weighted by Crippen LogP contribution is 2.41. The maximum Gasteiger partial charge on any atom is 0.208 e. The first-order valence-electron chi connectivity index (χ1n) is 8.03. The summed E-state index contributed by atoms with van der Waals surface area (Å²) < 4.78 is 6.32. The third-order valence-corrected chi connectivity index (χ3v) is 6.14. The molecule has 1 aromatic heterocycles. The van der Waals surface area contributed by atoms with E-state index in [-0.39, 0.29) is 5.78 Å². The van der Waals surface area contributed by atoms with Crippen LogP contribution >= 0.6 is 22.9 Å². The zero-order valence-corrected chi connectivity index (χ0v) is 15.2. The molecule has 1 aromatic carbocycles. The van der Waals surface area contributed by atoms with Gasteiger partial charge in [0.1, 0.15) is 16.4 Å². The van der Waals surface area contributed by atoms with Crippen LogP contribution in [0.4, 0.5) is 5.13 Å². The van der Waals surface area contributed by atoms with E-state index in [0.29, 0.717) is 22.8 Å². The number of hydrogen-bond donors (Lipinski definition) is 0. The maximum atomic E-state index is 12.6. The second-order valence-electron chi connectivity index (χ2n) is 6.57. The number of Topliss-reactive ketones (excluding diaryl/α,β-unsaturated/α-hetero) is 1. The quantitative estimate of drug-likeness (QED) is 0.771. The van der Waals surface area contributed by atoms with E-state index in [4.69, 9.17) is 16.3 Å². The number of hydrogen-bond acceptors (Lipinski definition) is 6. The van der Waals surface area contributed by atoms with E-state index in [0.717, 1.165) is 41.6 Å². The molecule has 2 aliphatic heterocycles. The number of piperidine rings is 1. The van der Waals surface area contributed by atoms with E-state index in [2.05, 4.69) is 15.1 Å². The number of aryl methyl sites for hydroxylation is 2. The van der Waals surface area contributed by atoms with Gasteiger partial charge < -0.3 is 9.64 Å². The minimum Gasteiger partial charge on any atom is -0.486 e. The Morgan fingerprint density at radius 3 is 2.67 bits per heavy atom. The van der Waals surface area contributed by atoms with Crippen LogP contribution in [0.2, 0.25) is 5.02 Å². The van der Waals surface area contributed by atoms with E-state index >= 15 is 0 Å². The third-order valence-electron chi connectivity index (χ3n) is 4.83.